The number of rotatable bonds is 6. The van der Waals surface area contributed by atoms with Gasteiger partial charge in [0, 0.05) is 23.4 Å². The average Bonchev–Trinajstić information content (AvgIpc) is 3.16. The van der Waals surface area contributed by atoms with Crippen LogP contribution in [0, 0.1) is 0 Å². The van der Waals surface area contributed by atoms with Crippen molar-refractivity contribution in [2.45, 2.75) is 12.8 Å². The van der Waals surface area contributed by atoms with E-state index in [0.29, 0.717) is 34.3 Å². The van der Waals surface area contributed by atoms with Crippen molar-refractivity contribution < 1.29 is 18.7 Å². The number of aromatic nitrogens is 1. The highest BCUT2D eigenvalue weighted by Gasteiger charge is 2.14. The van der Waals surface area contributed by atoms with Crippen LogP contribution in [-0.4, -0.2) is 24.0 Å². The second-order valence-corrected chi connectivity index (χ2v) is 6.15. The molecule has 1 aromatic heterocycles. The largest absolute Gasteiger partial charge is 0.465 e. The third-order valence-corrected chi connectivity index (χ3v) is 4.11. The molecule has 0 saturated carbocycles. The zero-order valence-electron chi connectivity index (χ0n) is 14.6. The van der Waals surface area contributed by atoms with Crippen molar-refractivity contribution >= 4 is 29.2 Å². The minimum atomic E-state index is -0.508. The molecule has 0 saturated heterocycles. The molecule has 1 amide bonds. The molecule has 0 aliphatic rings. The Bertz CT molecular complexity index is 951. The van der Waals surface area contributed by atoms with Crippen LogP contribution in [0.2, 0.25) is 5.02 Å². The molecule has 3 aromatic rings. The van der Waals surface area contributed by atoms with E-state index in [9.17, 15) is 9.59 Å². The minimum Gasteiger partial charge on any atom is -0.465 e. The summed E-state index contributed by atoms with van der Waals surface area (Å²) in [5.74, 6) is 0.304. The van der Waals surface area contributed by atoms with Gasteiger partial charge in [-0.2, -0.15) is 0 Å². The van der Waals surface area contributed by atoms with E-state index < -0.39 is 5.97 Å². The second-order valence-electron chi connectivity index (χ2n) is 5.71. The van der Waals surface area contributed by atoms with Crippen LogP contribution in [0.25, 0.3) is 11.3 Å². The molecule has 1 heterocycles. The number of hydrogen-bond donors (Lipinski definition) is 1. The van der Waals surface area contributed by atoms with E-state index in [-0.39, 0.29) is 12.3 Å². The van der Waals surface area contributed by atoms with Crippen LogP contribution in [0.4, 0.5) is 5.69 Å². The summed E-state index contributed by atoms with van der Waals surface area (Å²) in [5, 5.41) is 3.36. The molecule has 0 spiro atoms. The first kappa shape index (κ1) is 18.7. The first-order chi connectivity index (χ1) is 13.1. The van der Waals surface area contributed by atoms with Crippen molar-refractivity contribution in [3.63, 3.8) is 0 Å². The van der Waals surface area contributed by atoms with Gasteiger partial charge >= 0.3 is 5.97 Å². The monoisotopic (exact) mass is 384 g/mol. The standard InChI is InChI=1S/C20H17ClN2O4/c1-26-20(25)15-4-2-3-5-16(15)23-18(24)10-11-19-22-12-17(27-19)13-6-8-14(21)9-7-13/h2-9,12H,10-11H2,1H3,(H,23,24). The fourth-order valence-electron chi connectivity index (χ4n) is 2.49. The topological polar surface area (TPSA) is 81.4 Å². The third-order valence-electron chi connectivity index (χ3n) is 3.85. The maximum absolute atomic E-state index is 12.2. The van der Waals surface area contributed by atoms with Gasteiger partial charge in [-0.05, 0) is 36.4 Å². The zero-order chi connectivity index (χ0) is 19.2. The molecule has 2 aromatic carbocycles. The van der Waals surface area contributed by atoms with Gasteiger partial charge in [0.1, 0.15) is 0 Å². The summed E-state index contributed by atoms with van der Waals surface area (Å²) in [6.45, 7) is 0. The van der Waals surface area contributed by atoms with Gasteiger partial charge in [0.25, 0.3) is 0 Å². The molecule has 0 unspecified atom stereocenters. The fraction of sp³-hybridized carbons (Fsp3) is 0.150. The Morgan fingerprint density at radius 3 is 2.63 bits per heavy atom. The number of anilines is 1. The first-order valence-corrected chi connectivity index (χ1v) is 8.62. The Hall–Kier alpha value is -3.12. The normalized spacial score (nSPS) is 10.4. The van der Waals surface area contributed by atoms with Crippen LogP contribution in [0.3, 0.4) is 0 Å². The number of amides is 1. The highest BCUT2D eigenvalue weighted by molar-refractivity contribution is 6.30. The van der Waals surface area contributed by atoms with E-state index in [0.717, 1.165) is 5.56 Å². The Morgan fingerprint density at radius 1 is 1.15 bits per heavy atom. The number of ether oxygens (including phenoxy) is 1. The van der Waals surface area contributed by atoms with Gasteiger partial charge in [-0.3, -0.25) is 4.79 Å². The lowest BCUT2D eigenvalue weighted by atomic mass is 10.1. The number of oxazole rings is 1. The number of nitrogens with zero attached hydrogens (tertiary/aromatic N) is 1. The van der Waals surface area contributed by atoms with Crippen LogP contribution in [-0.2, 0) is 16.0 Å². The number of carbonyl (C=O) groups is 2. The predicted molar refractivity (Wildman–Crippen MR) is 102 cm³/mol. The molecule has 138 valence electrons. The molecule has 0 bridgehead atoms. The van der Waals surface area contributed by atoms with Gasteiger partial charge in [-0.15, -0.1) is 0 Å². The smallest absolute Gasteiger partial charge is 0.339 e. The van der Waals surface area contributed by atoms with E-state index in [2.05, 4.69) is 10.3 Å². The molecule has 0 fully saturated rings. The number of benzene rings is 2. The van der Waals surface area contributed by atoms with Crippen molar-refractivity contribution in [2.24, 2.45) is 0 Å². The molecule has 0 aliphatic carbocycles. The second kappa shape index (κ2) is 8.51. The number of aryl methyl sites for hydroxylation is 1. The molecule has 1 N–H and O–H groups in total. The third kappa shape index (κ3) is 4.74. The Labute approximate surface area is 161 Å². The number of methoxy groups -OCH3 is 1. The molecule has 0 atom stereocenters. The molecule has 0 radical (unpaired) electrons. The SMILES string of the molecule is COC(=O)c1ccccc1NC(=O)CCc1ncc(-c2ccc(Cl)cc2)o1. The van der Waals surface area contributed by atoms with Gasteiger partial charge in [-0.25, -0.2) is 9.78 Å². The van der Waals surface area contributed by atoms with E-state index in [4.69, 9.17) is 20.8 Å². The molecular weight excluding hydrogens is 368 g/mol. The summed E-state index contributed by atoms with van der Waals surface area (Å²) >= 11 is 5.88. The Morgan fingerprint density at radius 2 is 1.89 bits per heavy atom. The lowest BCUT2D eigenvalue weighted by molar-refractivity contribution is -0.116. The zero-order valence-corrected chi connectivity index (χ0v) is 15.3. The highest BCUT2D eigenvalue weighted by atomic mass is 35.5. The molecule has 27 heavy (non-hydrogen) atoms. The molecule has 0 aliphatic heterocycles. The number of halogens is 1. The summed E-state index contributed by atoms with van der Waals surface area (Å²) in [5.41, 5.74) is 1.56. The van der Waals surface area contributed by atoms with Crippen molar-refractivity contribution in [3.05, 3.63) is 71.2 Å². The maximum atomic E-state index is 12.2. The molecule has 3 rings (SSSR count). The van der Waals surface area contributed by atoms with Gasteiger partial charge < -0.3 is 14.5 Å². The van der Waals surface area contributed by atoms with Crippen LogP contribution in [0.15, 0.2) is 59.1 Å². The Kier molecular flexibility index (Phi) is 5.88. The van der Waals surface area contributed by atoms with Gasteiger partial charge in [-0.1, -0.05) is 23.7 Å². The van der Waals surface area contributed by atoms with Crippen molar-refractivity contribution in [2.75, 3.05) is 12.4 Å². The minimum absolute atomic E-state index is 0.163. The summed E-state index contributed by atoms with van der Waals surface area (Å²) in [6.07, 6.45) is 2.11. The highest BCUT2D eigenvalue weighted by Crippen LogP contribution is 2.23. The van der Waals surface area contributed by atoms with E-state index in [1.54, 1.807) is 42.6 Å². The molecular formula is C20H17ClN2O4. The summed E-state index contributed by atoms with van der Waals surface area (Å²) in [6, 6.07) is 13.9. The number of hydrogen-bond acceptors (Lipinski definition) is 5. The number of carbonyl (C=O) groups excluding carboxylic acids is 2. The van der Waals surface area contributed by atoms with Crippen LogP contribution in [0.1, 0.15) is 22.7 Å². The fourth-order valence-corrected chi connectivity index (χ4v) is 2.61. The lowest BCUT2D eigenvalue weighted by Gasteiger charge is -2.09. The molecule has 6 nitrogen and oxygen atoms in total. The first-order valence-electron chi connectivity index (χ1n) is 8.24. The van der Waals surface area contributed by atoms with E-state index in [1.165, 1.54) is 7.11 Å². The van der Waals surface area contributed by atoms with Crippen LogP contribution < -0.4 is 5.32 Å². The van der Waals surface area contributed by atoms with Crippen molar-refractivity contribution in [1.82, 2.24) is 4.98 Å². The van der Waals surface area contributed by atoms with Gasteiger partial charge in [0.15, 0.2) is 11.7 Å². The number of esters is 1. The van der Waals surface area contributed by atoms with E-state index in [1.807, 2.05) is 12.1 Å². The summed E-state index contributed by atoms with van der Waals surface area (Å²) in [4.78, 5) is 28.2. The number of para-hydroxylation sites is 1. The summed E-state index contributed by atoms with van der Waals surface area (Å²) < 4.78 is 10.4. The predicted octanol–water partition coefficient (Wildman–Crippen LogP) is 4.35. The number of nitrogens with one attached hydrogen (secondary N) is 1. The van der Waals surface area contributed by atoms with Gasteiger partial charge in [0.05, 0.1) is 24.6 Å². The quantitative estimate of drug-likeness (QED) is 0.639. The van der Waals surface area contributed by atoms with Crippen LogP contribution >= 0.6 is 11.6 Å². The van der Waals surface area contributed by atoms with Crippen LogP contribution in [0.5, 0.6) is 0 Å². The van der Waals surface area contributed by atoms with Gasteiger partial charge in [0.2, 0.25) is 5.91 Å². The lowest BCUT2D eigenvalue weighted by Crippen LogP contribution is -2.15. The van der Waals surface area contributed by atoms with Crippen molar-refractivity contribution in [1.29, 1.82) is 0 Å². The Balaban J connectivity index is 1.60. The molecule has 7 heteroatoms. The summed E-state index contributed by atoms with van der Waals surface area (Å²) in [7, 11) is 1.29. The van der Waals surface area contributed by atoms with E-state index >= 15 is 0 Å². The average molecular weight is 385 g/mol. The maximum Gasteiger partial charge on any atom is 0.339 e. The van der Waals surface area contributed by atoms with Crippen molar-refractivity contribution in [3.8, 4) is 11.3 Å².